The number of rotatable bonds is 2. The van der Waals surface area contributed by atoms with Crippen molar-refractivity contribution in [3.8, 4) is 0 Å². The third kappa shape index (κ3) is 3.50. The molecular formula is C16H23FN2O. The van der Waals surface area contributed by atoms with Gasteiger partial charge in [-0.05, 0) is 50.3 Å². The van der Waals surface area contributed by atoms with Crippen LogP contribution < -0.4 is 5.32 Å². The lowest BCUT2D eigenvalue weighted by Gasteiger charge is -2.34. The average Bonchev–Trinajstić information content (AvgIpc) is 2.39. The van der Waals surface area contributed by atoms with Crippen molar-refractivity contribution in [1.82, 2.24) is 10.2 Å². The first-order chi connectivity index (χ1) is 9.38. The van der Waals surface area contributed by atoms with Gasteiger partial charge >= 0.3 is 6.03 Å². The van der Waals surface area contributed by atoms with Crippen LogP contribution in [0.4, 0.5) is 9.18 Å². The number of halogens is 1. The second-order valence-corrected chi connectivity index (χ2v) is 6.23. The summed E-state index contributed by atoms with van der Waals surface area (Å²) in [6.45, 7) is 7.71. The van der Waals surface area contributed by atoms with Crippen molar-refractivity contribution in [2.45, 2.75) is 39.2 Å². The number of amides is 2. The van der Waals surface area contributed by atoms with E-state index in [4.69, 9.17) is 0 Å². The van der Waals surface area contributed by atoms with Crippen molar-refractivity contribution in [3.63, 3.8) is 0 Å². The molecule has 0 atom stereocenters. The molecule has 1 fully saturated rings. The molecule has 0 aliphatic carbocycles. The Morgan fingerprint density at radius 1 is 1.25 bits per heavy atom. The molecule has 1 aromatic carbocycles. The highest BCUT2D eigenvalue weighted by Crippen LogP contribution is 2.22. The van der Waals surface area contributed by atoms with Crippen LogP contribution in [-0.4, -0.2) is 24.0 Å². The van der Waals surface area contributed by atoms with E-state index in [0.717, 1.165) is 31.5 Å². The molecule has 2 rings (SSSR count). The van der Waals surface area contributed by atoms with E-state index in [9.17, 15) is 9.18 Å². The summed E-state index contributed by atoms with van der Waals surface area (Å²) in [7, 11) is 0. The van der Waals surface area contributed by atoms with Crippen LogP contribution in [0.15, 0.2) is 24.3 Å². The second kappa shape index (κ2) is 5.81. The third-order valence-corrected chi connectivity index (χ3v) is 4.06. The van der Waals surface area contributed by atoms with E-state index >= 15 is 0 Å². The van der Waals surface area contributed by atoms with Gasteiger partial charge in [0.2, 0.25) is 0 Å². The van der Waals surface area contributed by atoms with Crippen LogP contribution in [-0.2, 0) is 5.54 Å². The van der Waals surface area contributed by atoms with E-state index in [0.29, 0.717) is 5.92 Å². The molecule has 1 aliphatic heterocycles. The van der Waals surface area contributed by atoms with E-state index in [1.54, 1.807) is 12.1 Å². The number of nitrogens with one attached hydrogen (secondary N) is 1. The van der Waals surface area contributed by atoms with Gasteiger partial charge in [-0.3, -0.25) is 0 Å². The van der Waals surface area contributed by atoms with Crippen molar-refractivity contribution in [3.05, 3.63) is 35.6 Å². The Hall–Kier alpha value is -1.58. The number of nitrogens with zero attached hydrogens (tertiary/aromatic N) is 1. The molecule has 0 spiro atoms. The summed E-state index contributed by atoms with van der Waals surface area (Å²) in [6.07, 6.45) is 2.12. The van der Waals surface area contributed by atoms with Crippen LogP contribution in [0.25, 0.3) is 0 Å². The number of hydrogen-bond donors (Lipinski definition) is 1. The van der Waals surface area contributed by atoms with Crippen molar-refractivity contribution < 1.29 is 9.18 Å². The molecule has 20 heavy (non-hydrogen) atoms. The maximum atomic E-state index is 13.0. The van der Waals surface area contributed by atoms with E-state index in [-0.39, 0.29) is 11.8 Å². The summed E-state index contributed by atoms with van der Waals surface area (Å²) in [5.74, 6) is 0.435. The minimum atomic E-state index is -0.506. The highest BCUT2D eigenvalue weighted by Gasteiger charge is 2.27. The van der Waals surface area contributed by atoms with Crippen LogP contribution in [0, 0.1) is 11.7 Å². The van der Waals surface area contributed by atoms with Crippen LogP contribution in [0.5, 0.6) is 0 Å². The fourth-order valence-corrected chi connectivity index (χ4v) is 2.50. The number of piperidine rings is 1. The molecular weight excluding hydrogens is 255 g/mol. The average molecular weight is 278 g/mol. The Labute approximate surface area is 120 Å². The number of carbonyl (C=O) groups excluding carboxylic acids is 1. The Balaban J connectivity index is 2.00. The molecule has 0 unspecified atom stereocenters. The van der Waals surface area contributed by atoms with E-state index in [1.165, 1.54) is 12.1 Å². The van der Waals surface area contributed by atoms with Gasteiger partial charge in [0.15, 0.2) is 0 Å². The summed E-state index contributed by atoms with van der Waals surface area (Å²) in [5.41, 5.74) is 0.394. The number of likely N-dealkylation sites (tertiary alicyclic amines) is 1. The summed E-state index contributed by atoms with van der Waals surface area (Å²) < 4.78 is 13.0. The van der Waals surface area contributed by atoms with Gasteiger partial charge in [-0.25, -0.2) is 9.18 Å². The van der Waals surface area contributed by atoms with E-state index in [2.05, 4.69) is 12.2 Å². The van der Waals surface area contributed by atoms with Gasteiger partial charge in [0, 0.05) is 13.1 Å². The Kier molecular flexibility index (Phi) is 4.31. The molecule has 1 aromatic rings. The predicted octanol–water partition coefficient (Wildman–Crippen LogP) is 3.50. The largest absolute Gasteiger partial charge is 0.329 e. The first kappa shape index (κ1) is 14.8. The topological polar surface area (TPSA) is 32.3 Å². The predicted molar refractivity (Wildman–Crippen MR) is 77.9 cm³/mol. The fourth-order valence-electron chi connectivity index (χ4n) is 2.50. The Bertz CT molecular complexity index is 462. The maximum absolute atomic E-state index is 13.0. The number of urea groups is 1. The summed E-state index contributed by atoms with van der Waals surface area (Å²) in [5, 5.41) is 3.04. The minimum Gasteiger partial charge on any atom is -0.329 e. The highest BCUT2D eigenvalue weighted by atomic mass is 19.1. The standard InChI is InChI=1S/C16H23FN2O/c1-12-8-10-19(11-9-12)15(20)18-16(2,3)13-4-6-14(17)7-5-13/h4-7,12H,8-11H2,1-3H3,(H,18,20). The van der Waals surface area contributed by atoms with Gasteiger partial charge in [-0.2, -0.15) is 0 Å². The molecule has 3 nitrogen and oxygen atoms in total. The maximum Gasteiger partial charge on any atom is 0.318 e. The van der Waals surface area contributed by atoms with E-state index < -0.39 is 5.54 Å². The lowest BCUT2D eigenvalue weighted by atomic mass is 9.94. The zero-order chi connectivity index (χ0) is 14.8. The van der Waals surface area contributed by atoms with E-state index in [1.807, 2.05) is 18.7 Å². The molecule has 0 saturated carbocycles. The van der Waals surface area contributed by atoms with Gasteiger partial charge in [0.05, 0.1) is 5.54 Å². The SMILES string of the molecule is CC1CCN(C(=O)NC(C)(C)c2ccc(F)cc2)CC1. The van der Waals surface area contributed by atoms with Crippen molar-refractivity contribution >= 4 is 6.03 Å². The first-order valence-electron chi connectivity index (χ1n) is 7.21. The van der Waals surface area contributed by atoms with Crippen LogP contribution in [0.1, 0.15) is 39.2 Å². The normalized spacial score (nSPS) is 17.1. The van der Waals surface area contributed by atoms with Gasteiger partial charge in [-0.1, -0.05) is 19.1 Å². The lowest BCUT2D eigenvalue weighted by Crippen LogP contribution is -2.50. The molecule has 2 amide bonds. The number of hydrogen-bond acceptors (Lipinski definition) is 1. The molecule has 1 saturated heterocycles. The smallest absolute Gasteiger partial charge is 0.318 e. The zero-order valence-electron chi connectivity index (χ0n) is 12.4. The summed E-state index contributed by atoms with van der Waals surface area (Å²) >= 11 is 0. The van der Waals surface area contributed by atoms with Gasteiger partial charge in [-0.15, -0.1) is 0 Å². The quantitative estimate of drug-likeness (QED) is 0.882. The molecule has 1 aliphatic rings. The van der Waals surface area contributed by atoms with Crippen molar-refractivity contribution in [1.29, 1.82) is 0 Å². The fraction of sp³-hybridized carbons (Fsp3) is 0.562. The zero-order valence-corrected chi connectivity index (χ0v) is 12.4. The summed E-state index contributed by atoms with van der Waals surface area (Å²) in [4.78, 5) is 14.2. The van der Waals surface area contributed by atoms with Crippen LogP contribution in [0.3, 0.4) is 0 Å². The molecule has 1 N–H and O–H groups in total. The molecule has 4 heteroatoms. The molecule has 110 valence electrons. The van der Waals surface area contributed by atoms with Gasteiger partial charge < -0.3 is 10.2 Å². The third-order valence-electron chi connectivity index (χ3n) is 4.06. The van der Waals surface area contributed by atoms with Crippen LogP contribution >= 0.6 is 0 Å². The summed E-state index contributed by atoms with van der Waals surface area (Å²) in [6, 6.07) is 6.24. The molecule has 0 radical (unpaired) electrons. The molecule has 0 bridgehead atoms. The minimum absolute atomic E-state index is 0.0359. The molecule has 1 heterocycles. The monoisotopic (exact) mass is 278 g/mol. The molecule has 0 aromatic heterocycles. The lowest BCUT2D eigenvalue weighted by molar-refractivity contribution is 0.164. The second-order valence-electron chi connectivity index (χ2n) is 6.23. The Morgan fingerprint density at radius 2 is 1.80 bits per heavy atom. The van der Waals surface area contributed by atoms with Crippen LogP contribution in [0.2, 0.25) is 0 Å². The number of carbonyl (C=O) groups is 1. The van der Waals surface area contributed by atoms with Gasteiger partial charge in [0.25, 0.3) is 0 Å². The van der Waals surface area contributed by atoms with Crippen molar-refractivity contribution in [2.75, 3.05) is 13.1 Å². The van der Waals surface area contributed by atoms with Gasteiger partial charge in [0.1, 0.15) is 5.82 Å². The van der Waals surface area contributed by atoms with Crippen molar-refractivity contribution in [2.24, 2.45) is 5.92 Å². The number of benzene rings is 1. The highest BCUT2D eigenvalue weighted by molar-refractivity contribution is 5.75. The first-order valence-corrected chi connectivity index (χ1v) is 7.21. The Morgan fingerprint density at radius 3 is 2.35 bits per heavy atom.